The summed E-state index contributed by atoms with van der Waals surface area (Å²) >= 11 is 1.13. The molecule has 28 heavy (non-hydrogen) atoms. The highest BCUT2D eigenvalue weighted by atomic mass is 32.2. The van der Waals surface area contributed by atoms with Crippen LogP contribution in [-0.4, -0.2) is 39.9 Å². The fraction of sp³-hybridized carbons (Fsp3) is 0.350. The van der Waals surface area contributed by atoms with Crippen LogP contribution in [-0.2, 0) is 4.74 Å². The van der Waals surface area contributed by atoms with Gasteiger partial charge >= 0.3 is 5.97 Å². The number of aryl methyl sites for hydroxylation is 2. The highest BCUT2D eigenvalue weighted by Crippen LogP contribution is 2.26. The minimum atomic E-state index is -0.501. The summed E-state index contributed by atoms with van der Waals surface area (Å²) in [4.78, 5) is 43.6. The van der Waals surface area contributed by atoms with Crippen molar-refractivity contribution in [1.82, 2.24) is 9.97 Å². The summed E-state index contributed by atoms with van der Waals surface area (Å²) in [7, 11) is 0. The zero-order valence-electron chi connectivity index (χ0n) is 16.4. The number of ether oxygens (including phenoxy) is 1. The van der Waals surface area contributed by atoms with Crippen molar-refractivity contribution in [2.45, 2.75) is 39.6 Å². The number of thioether (sulfide) groups is 1. The van der Waals surface area contributed by atoms with Gasteiger partial charge in [0.25, 0.3) is 0 Å². The summed E-state index contributed by atoms with van der Waals surface area (Å²) in [5, 5.41) is 9.74. The quantitative estimate of drug-likeness (QED) is 0.430. The molecule has 0 saturated carbocycles. The van der Waals surface area contributed by atoms with Crippen molar-refractivity contribution in [3.63, 3.8) is 0 Å². The average Bonchev–Trinajstić information content (AvgIpc) is 2.94. The van der Waals surface area contributed by atoms with Crippen molar-refractivity contribution in [2.24, 2.45) is 0 Å². The molecule has 0 atom stereocenters. The Balaban J connectivity index is 2.26. The average molecular weight is 399 g/mol. The normalized spacial score (nSPS) is 10.4. The van der Waals surface area contributed by atoms with Gasteiger partial charge in [-0.15, -0.1) is 0 Å². The highest BCUT2D eigenvalue weighted by Gasteiger charge is 2.23. The molecule has 0 spiro atoms. The lowest BCUT2D eigenvalue weighted by atomic mass is 10.1. The number of esters is 1. The number of aromatic nitrogens is 2. The number of aromatic amines is 1. The number of H-pyrrole nitrogens is 1. The number of nitriles is 1. The number of Topliss-reactive ketones (excluding diaryl/α,β-unsaturated/α-hetero) is 2. The number of carbonyl (C=O) groups is 3. The molecule has 2 aromatic heterocycles. The number of carbonyl (C=O) groups excluding carboxylic acids is 3. The summed E-state index contributed by atoms with van der Waals surface area (Å²) < 4.78 is 5.00. The second-order valence-electron chi connectivity index (χ2n) is 6.20. The molecule has 7 nitrogen and oxygen atoms in total. The van der Waals surface area contributed by atoms with Crippen LogP contribution in [0.5, 0.6) is 0 Å². The number of hydrogen-bond donors (Lipinski definition) is 1. The molecule has 0 aliphatic heterocycles. The number of ketones is 2. The van der Waals surface area contributed by atoms with Crippen molar-refractivity contribution in [1.29, 1.82) is 5.26 Å². The monoisotopic (exact) mass is 399 g/mol. The lowest BCUT2D eigenvalue weighted by molar-refractivity contribution is 0.0519. The van der Waals surface area contributed by atoms with Crippen LogP contribution in [0.2, 0.25) is 0 Å². The van der Waals surface area contributed by atoms with E-state index < -0.39 is 5.97 Å². The van der Waals surface area contributed by atoms with E-state index in [1.54, 1.807) is 27.7 Å². The van der Waals surface area contributed by atoms with Crippen molar-refractivity contribution >= 4 is 29.3 Å². The van der Waals surface area contributed by atoms with Gasteiger partial charge in [0.2, 0.25) is 0 Å². The second kappa shape index (κ2) is 8.85. The molecule has 0 aromatic carbocycles. The maximum atomic E-state index is 12.8. The van der Waals surface area contributed by atoms with Crippen molar-refractivity contribution < 1.29 is 19.1 Å². The minimum absolute atomic E-state index is 0.0440. The van der Waals surface area contributed by atoms with Gasteiger partial charge in [-0.2, -0.15) is 5.26 Å². The van der Waals surface area contributed by atoms with Crippen molar-refractivity contribution in [2.75, 3.05) is 12.4 Å². The van der Waals surface area contributed by atoms with Gasteiger partial charge in [0.05, 0.1) is 17.9 Å². The maximum absolute atomic E-state index is 12.8. The summed E-state index contributed by atoms with van der Waals surface area (Å²) in [6, 6.07) is 3.53. The number of nitrogens with zero attached hydrogens (tertiary/aromatic N) is 2. The van der Waals surface area contributed by atoms with E-state index in [1.165, 1.54) is 13.0 Å². The van der Waals surface area contributed by atoms with Gasteiger partial charge in [-0.25, -0.2) is 9.78 Å². The molecular weight excluding hydrogens is 378 g/mol. The molecule has 0 bridgehead atoms. The SMILES string of the molecule is CCOC(=O)c1[nH]c(C)c(C(=O)CSc2nc(C)c(C(C)=O)cc2C#N)c1C. The Kier molecular flexibility index (Phi) is 6.75. The summed E-state index contributed by atoms with van der Waals surface area (Å²) in [6.45, 7) is 8.48. The summed E-state index contributed by atoms with van der Waals surface area (Å²) in [5.74, 6) is -0.814. The first kappa shape index (κ1) is 21.4. The molecule has 0 fully saturated rings. The number of pyridine rings is 1. The molecule has 0 aliphatic rings. The zero-order chi connectivity index (χ0) is 21.0. The van der Waals surface area contributed by atoms with E-state index in [2.05, 4.69) is 9.97 Å². The summed E-state index contributed by atoms with van der Waals surface area (Å²) in [5.41, 5.74) is 2.99. The third-order valence-corrected chi connectivity index (χ3v) is 5.20. The van der Waals surface area contributed by atoms with Gasteiger partial charge in [-0.1, -0.05) is 11.8 Å². The fourth-order valence-electron chi connectivity index (χ4n) is 2.91. The van der Waals surface area contributed by atoms with E-state index in [9.17, 15) is 19.6 Å². The standard InChI is InChI=1S/C20H21N3O4S/c1-6-27-20(26)18-10(2)17(12(4)22-18)16(25)9-28-19-14(8-21)7-15(13(5)24)11(3)23-19/h7,22H,6,9H2,1-5H3. The Hall–Kier alpha value is -2.92. The molecule has 0 amide bonds. The first-order chi connectivity index (χ1) is 13.2. The predicted molar refractivity (Wildman–Crippen MR) is 105 cm³/mol. The van der Waals surface area contributed by atoms with Crippen molar-refractivity contribution in [3.8, 4) is 6.07 Å². The minimum Gasteiger partial charge on any atom is -0.461 e. The molecular formula is C20H21N3O4S. The van der Waals surface area contributed by atoms with E-state index in [1.807, 2.05) is 6.07 Å². The van der Waals surface area contributed by atoms with Gasteiger partial charge in [-0.05, 0) is 46.2 Å². The van der Waals surface area contributed by atoms with Gasteiger partial charge in [0.15, 0.2) is 11.6 Å². The Bertz CT molecular complexity index is 1000. The number of hydrogen-bond acceptors (Lipinski definition) is 7. The molecule has 0 saturated heterocycles. The molecule has 2 heterocycles. The molecule has 8 heteroatoms. The van der Waals surface area contributed by atoms with Gasteiger partial charge < -0.3 is 9.72 Å². The Morgan fingerprint density at radius 3 is 2.54 bits per heavy atom. The first-order valence-corrected chi connectivity index (χ1v) is 9.64. The molecule has 2 aromatic rings. The van der Waals surface area contributed by atoms with E-state index in [0.29, 0.717) is 33.1 Å². The van der Waals surface area contributed by atoms with Crippen LogP contribution in [0.4, 0.5) is 0 Å². The molecule has 0 radical (unpaired) electrons. The maximum Gasteiger partial charge on any atom is 0.355 e. The number of nitrogens with one attached hydrogen (secondary N) is 1. The lowest BCUT2D eigenvalue weighted by Gasteiger charge is -2.08. The predicted octanol–water partition coefficient (Wildman–Crippen LogP) is 3.56. The smallest absolute Gasteiger partial charge is 0.355 e. The molecule has 0 unspecified atom stereocenters. The second-order valence-corrected chi connectivity index (χ2v) is 7.16. The van der Waals surface area contributed by atoms with Crippen LogP contribution in [0.25, 0.3) is 0 Å². The number of rotatable bonds is 7. The van der Waals surface area contributed by atoms with E-state index in [0.717, 1.165) is 11.8 Å². The topological polar surface area (TPSA) is 113 Å². The van der Waals surface area contributed by atoms with Crippen LogP contribution in [0.15, 0.2) is 11.1 Å². The van der Waals surface area contributed by atoms with Gasteiger partial charge in [-0.3, -0.25) is 9.59 Å². The van der Waals surface area contributed by atoms with Gasteiger partial charge in [0, 0.05) is 22.5 Å². The first-order valence-electron chi connectivity index (χ1n) is 8.66. The molecule has 0 aliphatic carbocycles. The largest absolute Gasteiger partial charge is 0.461 e. The Morgan fingerprint density at radius 2 is 1.96 bits per heavy atom. The third-order valence-electron chi connectivity index (χ3n) is 4.21. The van der Waals surface area contributed by atoms with Crippen LogP contribution in [0.1, 0.15) is 67.6 Å². The van der Waals surface area contributed by atoms with Crippen LogP contribution in [0.3, 0.4) is 0 Å². The van der Waals surface area contributed by atoms with Crippen LogP contribution in [0, 0.1) is 32.1 Å². The highest BCUT2D eigenvalue weighted by molar-refractivity contribution is 8.00. The van der Waals surface area contributed by atoms with E-state index >= 15 is 0 Å². The third kappa shape index (κ3) is 4.31. The molecule has 1 N–H and O–H groups in total. The molecule has 2 rings (SSSR count). The zero-order valence-corrected chi connectivity index (χ0v) is 17.2. The fourth-order valence-corrected chi connectivity index (χ4v) is 3.79. The van der Waals surface area contributed by atoms with Crippen molar-refractivity contribution in [3.05, 3.63) is 45.4 Å². The van der Waals surface area contributed by atoms with Gasteiger partial charge in [0.1, 0.15) is 16.8 Å². The lowest BCUT2D eigenvalue weighted by Crippen LogP contribution is -2.09. The van der Waals surface area contributed by atoms with E-state index in [4.69, 9.17) is 4.74 Å². The van der Waals surface area contributed by atoms with Crippen LogP contribution < -0.4 is 0 Å². The Labute approximate surface area is 167 Å². The Morgan fingerprint density at radius 1 is 1.29 bits per heavy atom. The summed E-state index contributed by atoms with van der Waals surface area (Å²) in [6.07, 6.45) is 0. The molecule has 146 valence electrons. The van der Waals surface area contributed by atoms with E-state index in [-0.39, 0.29) is 35.2 Å². The van der Waals surface area contributed by atoms with Crippen LogP contribution >= 0.6 is 11.8 Å².